The third-order valence-electron chi connectivity index (χ3n) is 8.60. The molecule has 2 aromatic rings. The molecule has 2 aromatic carbocycles. The van der Waals surface area contributed by atoms with E-state index in [4.69, 9.17) is 15.2 Å². The maximum Gasteiger partial charge on any atom is 0.248 e. The minimum Gasteiger partial charge on any atom is -0.508 e. The van der Waals surface area contributed by atoms with Gasteiger partial charge in [-0.25, -0.2) is 0 Å². The normalized spacial score (nSPS) is 26.7. The summed E-state index contributed by atoms with van der Waals surface area (Å²) in [7, 11) is 0. The summed E-state index contributed by atoms with van der Waals surface area (Å²) < 4.78 is 12.0. The Bertz CT molecular complexity index is 1120. The number of fused-ring (bicyclic) bond motifs is 6. The number of carbonyl (C=O) groups excluding carboxylic acids is 1. The molecule has 4 aliphatic rings. The highest BCUT2D eigenvalue weighted by molar-refractivity contribution is 5.93. The monoisotopic (exact) mass is 521 g/mol. The quantitative estimate of drug-likeness (QED) is 0.607. The lowest BCUT2D eigenvalue weighted by Crippen LogP contribution is -2.49. The highest BCUT2D eigenvalue weighted by Gasteiger charge is 2.38. The van der Waals surface area contributed by atoms with Gasteiger partial charge in [-0.2, -0.15) is 0 Å². The average molecular weight is 522 g/mol. The molecule has 7 heteroatoms. The zero-order chi connectivity index (χ0) is 26.6. The van der Waals surface area contributed by atoms with E-state index in [-0.39, 0.29) is 18.1 Å². The van der Waals surface area contributed by atoms with Crippen LogP contribution in [0.5, 0.6) is 5.75 Å². The van der Waals surface area contributed by atoms with E-state index in [2.05, 4.69) is 23.6 Å². The molecule has 2 aliphatic carbocycles. The van der Waals surface area contributed by atoms with Crippen molar-refractivity contribution < 1.29 is 19.4 Å². The molecule has 0 bridgehead atoms. The van der Waals surface area contributed by atoms with E-state index in [1.54, 1.807) is 6.07 Å². The van der Waals surface area contributed by atoms with Gasteiger partial charge in [0.15, 0.2) is 0 Å². The number of primary amides is 1. The summed E-state index contributed by atoms with van der Waals surface area (Å²) in [5, 5.41) is 9.68. The first-order valence-corrected chi connectivity index (χ1v) is 14.5. The summed E-state index contributed by atoms with van der Waals surface area (Å²) in [5.74, 6) is -0.0123. The number of hydrogen-bond donors (Lipinski definition) is 2. The van der Waals surface area contributed by atoms with Crippen LogP contribution in [0.15, 0.2) is 36.4 Å². The van der Waals surface area contributed by atoms with Gasteiger partial charge in [0.05, 0.1) is 25.4 Å². The second kappa shape index (κ2) is 12.2. The maximum absolute atomic E-state index is 11.4. The van der Waals surface area contributed by atoms with Gasteiger partial charge in [-0.3, -0.25) is 14.6 Å². The van der Waals surface area contributed by atoms with Crippen molar-refractivity contribution in [1.82, 2.24) is 9.80 Å². The molecular weight excluding hydrogens is 478 g/mol. The van der Waals surface area contributed by atoms with Crippen LogP contribution in [0, 0.1) is 0 Å². The first-order valence-electron chi connectivity index (χ1n) is 14.5. The number of carbonyl (C=O) groups is 1. The van der Waals surface area contributed by atoms with E-state index in [1.165, 1.54) is 35.1 Å². The Balaban J connectivity index is 0.000000156. The van der Waals surface area contributed by atoms with Crippen molar-refractivity contribution in [2.75, 3.05) is 39.4 Å². The molecule has 0 saturated carbocycles. The Morgan fingerprint density at radius 2 is 1.39 bits per heavy atom. The summed E-state index contributed by atoms with van der Waals surface area (Å²) in [6, 6.07) is 12.5. The lowest BCUT2D eigenvalue weighted by molar-refractivity contribution is -0.0802. The number of hydrogen-bond acceptors (Lipinski definition) is 6. The molecule has 0 radical (unpaired) electrons. The minimum atomic E-state index is -0.365. The van der Waals surface area contributed by atoms with E-state index < -0.39 is 0 Å². The molecule has 1 amide bonds. The van der Waals surface area contributed by atoms with Crippen LogP contribution in [-0.2, 0) is 22.3 Å². The zero-order valence-electron chi connectivity index (χ0n) is 22.9. The SMILES string of the molecule is CCCN1CCO[C@@H]2c3cc(C(N)=O)ccc3CC[C@H]21.CCCN1CCO[C@@H]2c3cc(O)ccc3CC[C@H]21. The molecule has 2 heterocycles. The van der Waals surface area contributed by atoms with E-state index in [1.807, 2.05) is 30.3 Å². The molecule has 0 aromatic heterocycles. The Morgan fingerprint density at radius 3 is 1.92 bits per heavy atom. The molecular formula is C31H43N3O4. The van der Waals surface area contributed by atoms with Crippen molar-refractivity contribution in [1.29, 1.82) is 0 Å². The highest BCUT2D eigenvalue weighted by atomic mass is 16.5. The lowest BCUT2D eigenvalue weighted by Gasteiger charge is -2.44. The van der Waals surface area contributed by atoms with E-state index in [0.717, 1.165) is 65.1 Å². The number of phenolic OH excluding ortho intramolecular Hbond substituents is 1. The molecule has 2 saturated heterocycles. The molecule has 0 unspecified atom stereocenters. The van der Waals surface area contributed by atoms with Gasteiger partial charge in [0.1, 0.15) is 5.75 Å². The van der Waals surface area contributed by atoms with Gasteiger partial charge in [0.2, 0.25) is 5.91 Å². The zero-order valence-corrected chi connectivity index (χ0v) is 22.9. The fourth-order valence-corrected chi connectivity index (χ4v) is 6.84. The molecule has 2 fully saturated rings. The number of benzene rings is 2. The summed E-state index contributed by atoms with van der Waals surface area (Å²) >= 11 is 0. The van der Waals surface area contributed by atoms with Gasteiger partial charge in [0, 0.05) is 30.7 Å². The minimum absolute atomic E-state index is 0.0957. The van der Waals surface area contributed by atoms with Gasteiger partial charge in [-0.1, -0.05) is 26.0 Å². The number of morpholine rings is 2. The van der Waals surface area contributed by atoms with Crippen molar-refractivity contribution in [3.8, 4) is 5.75 Å². The number of rotatable bonds is 5. The van der Waals surface area contributed by atoms with Crippen LogP contribution in [0.25, 0.3) is 0 Å². The van der Waals surface area contributed by atoms with Crippen LogP contribution in [0.1, 0.15) is 84.4 Å². The summed E-state index contributed by atoms with van der Waals surface area (Å²) in [6.07, 6.45) is 7.06. The van der Waals surface area contributed by atoms with Crippen LogP contribution in [0.2, 0.25) is 0 Å². The summed E-state index contributed by atoms with van der Waals surface area (Å²) in [4.78, 5) is 16.5. The average Bonchev–Trinajstić information content (AvgIpc) is 2.93. The van der Waals surface area contributed by atoms with Gasteiger partial charge in [-0.15, -0.1) is 0 Å². The van der Waals surface area contributed by atoms with E-state index >= 15 is 0 Å². The molecule has 2 aliphatic heterocycles. The molecule has 4 atom stereocenters. The number of nitrogens with zero attached hydrogens (tertiary/aromatic N) is 2. The van der Waals surface area contributed by atoms with Gasteiger partial charge in [-0.05, 0) is 98.1 Å². The van der Waals surface area contributed by atoms with Crippen molar-refractivity contribution >= 4 is 5.91 Å². The standard InChI is InChI=1S/C16H22N2O2.C15H21NO2/c1-2-7-18-8-9-20-15-13-10-12(16(17)19)4-3-11(13)5-6-14(15)18;1-2-7-16-8-9-18-15-13-10-12(17)5-3-11(13)4-6-14(15)16/h3-4,10,14-15H,2,5-9H2,1H3,(H2,17,19);3,5,10,14-15,17H,2,4,6-9H2,1H3/t2*14-,15-/m11/s1. The Morgan fingerprint density at radius 1 is 0.868 bits per heavy atom. The number of nitrogens with two attached hydrogens (primary N) is 1. The molecule has 0 spiro atoms. The first kappa shape index (κ1) is 27.1. The predicted molar refractivity (Wildman–Crippen MR) is 148 cm³/mol. The Kier molecular flexibility index (Phi) is 8.68. The smallest absolute Gasteiger partial charge is 0.248 e. The fourth-order valence-electron chi connectivity index (χ4n) is 6.84. The van der Waals surface area contributed by atoms with Crippen LogP contribution in [-0.4, -0.2) is 72.3 Å². The van der Waals surface area contributed by atoms with Gasteiger partial charge in [0.25, 0.3) is 0 Å². The summed E-state index contributed by atoms with van der Waals surface area (Å²) in [6.45, 7) is 10.3. The van der Waals surface area contributed by atoms with Crippen LogP contribution in [0.3, 0.4) is 0 Å². The van der Waals surface area contributed by atoms with Crippen LogP contribution >= 0.6 is 0 Å². The second-order valence-corrected chi connectivity index (χ2v) is 11.0. The largest absolute Gasteiger partial charge is 0.508 e. The molecule has 206 valence electrons. The second-order valence-electron chi connectivity index (χ2n) is 11.0. The lowest BCUT2D eigenvalue weighted by atomic mass is 9.83. The number of ether oxygens (including phenoxy) is 2. The van der Waals surface area contributed by atoms with Crippen molar-refractivity contribution in [3.05, 3.63) is 64.2 Å². The summed E-state index contributed by atoms with van der Waals surface area (Å²) in [5.41, 5.74) is 11.0. The third-order valence-corrected chi connectivity index (χ3v) is 8.60. The van der Waals surface area contributed by atoms with Crippen molar-refractivity contribution in [2.45, 2.75) is 76.7 Å². The van der Waals surface area contributed by atoms with Crippen molar-refractivity contribution in [3.63, 3.8) is 0 Å². The third kappa shape index (κ3) is 5.62. The highest BCUT2D eigenvalue weighted by Crippen LogP contribution is 2.40. The number of phenols is 1. The number of amides is 1. The molecule has 7 nitrogen and oxygen atoms in total. The molecule has 38 heavy (non-hydrogen) atoms. The number of aryl methyl sites for hydroxylation is 2. The van der Waals surface area contributed by atoms with E-state index in [9.17, 15) is 9.90 Å². The molecule has 3 N–H and O–H groups in total. The van der Waals surface area contributed by atoms with Crippen LogP contribution < -0.4 is 5.73 Å². The molecule has 6 rings (SSSR count). The maximum atomic E-state index is 11.4. The van der Waals surface area contributed by atoms with Gasteiger partial charge < -0.3 is 20.3 Å². The number of aromatic hydroxyl groups is 1. The fraction of sp³-hybridized carbons (Fsp3) is 0.581. The Labute approximate surface area is 226 Å². The first-order chi connectivity index (χ1) is 18.5. The predicted octanol–water partition coefficient (Wildman–Crippen LogP) is 4.37. The van der Waals surface area contributed by atoms with Gasteiger partial charge >= 0.3 is 0 Å². The van der Waals surface area contributed by atoms with E-state index in [0.29, 0.717) is 23.4 Å². The van der Waals surface area contributed by atoms with Crippen LogP contribution in [0.4, 0.5) is 0 Å². The Hall–Kier alpha value is -2.45. The topological polar surface area (TPSA) is 88.3 Å². The van der Waals surface area contributed by atoms with Crippen molar-refractivity contribution in [2.24, 2.45) is 5.73 Å².